The third kappa shape index (κ3) is 3.03. The first-order valence-corrected chi connectivity index (χ1v) is 6.27. The topological polar surface area (TPSA) is 68.3 Å². The van der Waals surface area contributed by atoms with E-state index in [0.717, 1.165) is 11.1 Å². The molecule has 0 bridgehead atoms. The van der Waals surface area contributed by atoms with Gasteiger partial charge in [0.25, 0.3) is 5.91 Å². The molecule has 0 unspecified atom stereocenters. The Morgan fingerprint density at radius 3 is 2.68 bits per heavy atom. The van der Waals surface area contributed by atoms with E-state index in [1.54, 1.807) is 12.1 Å². The lowest BCUT2D eigenvalue weighted by atomic mass is 10.0. The van der Waals surface area contributed by atoms with Gasteiger partial charge in [-0.05, 0) is 37.1 Å². The van der Waals surface area contributed by atoms with E-state index in [9.17, 15) is 4.79 Å². The average Bonchev–Trinajstić information content (AvgIpc) is 2.88. The second-order valence-electron chi connectivity index (χ2n) is 4.52. The number of rotatable bonds is 4. The molecule has 2 aromatic rings. The molecule has 1 aromatic heterocycles. The molecule has 3 N–H and O–H groups in total. The molecule has 0 fully saturated rings. The number of furan rings is 1. The van der Waals surface area contributed by atoms with E-state index in [1.807, 2.05) is 38.1 Å². The summed E-state index contributed by atoms with van der Waals surface area (Å²) in [5, 5.41) is 2.92. The maximum Gasteiger partial charge on any atom is 0.287 e. The Bertz CT molecular complexity index is 575. The van der Waals surface area contributed by atoms with Crippen molar-refractivity contribution in [2.45, 2.75) is 26.4 Å². The molecule has 4 heteroatoms. The van der Waals surface area contributed by atoms with E-state index in [4.69, 9.17) is 10.2 Å². The Balaban J connectivity index is 2.08. The van der Waals surface area contributed by atoms with Gasteiger partial charge < -0.3 is 15.5 Å². The highest BCUT2D eigenvalue weighted by atomic mass is 16.4. The van der Waals surface area contributed by atoms with Crippen LogP contribution in [0.3, 0.4) is 0 Å². The van der Waals surface area contributed by atoms with Gasteiger partial charge in [0.05, 0.1) is 12.6 Å². The molecule has 1 amide bonds. The molecule has 2 rings (SSSR count). The number of carbonyl (C=O) groups excluding carboxylic acids is 1. The number of nitrogens with one attached hydrogen (secondary N) is 1. The fraction of sp³-hybridized carbons (Fsp3) is 0.267. The van der Waals surface area contributed by atoms with Gasteiger partial charge in [-0.1, -0.05) is 24.3 Å². The first-order chi connectivity index (χ1) is 9.11. The van der Waals surface area contributed by atoms with E-state index >= 15 is 0 Å². The number of amides is 1. The third-order valence-electron chi connectivity index (χ3n) is 3.09. The van der Waals surface area contributed by atoms with Gasteiger partial charge in [0, 0.05) is 0 Å². The molecular weight excluding hydrogens is 240 g/mol. The molecule has 0 saturated heterocycles. The Morgan fingerprint density at radius 1 is 1.32 bits per heavy atom. The van der Waals surface area contributed by atoms with Crippen LogP contribution in [0.25, 0.3) is 0 Å². The first kappa shape index (κ1) is 13.4. The van der Waals surface area contributed by atoms with Gasteiger partial charge in [-0.2, -0.15) is 0 Å². The third-order valence-corrected chi connectivity index (χ3v) is 3.09. The number of benzene rings is 1. The molecular formula is C15H18N2O2. The number of carbonyl (C=O) groups is 1. The summed E-state index contributed by atoms with van der Waals surface area (Å²) < 4.78 is 5.32. The number of nitrogens with two attached hydrogens (primary N) is 1. The van der Waals surface area contributed by atoms with Crippen LogP contribution in [0.5, 0.6) is 0 Å². The average molecular weight is 258 g/mol. The Morgan fingerprint density at radius 2 is 2.05 bits per heavy atom. The van der Waals surface area contributed by atoms with E-state index < -0.39 is 0 Å². The number of aryl methyl sites for hydroxylation is 1. The van der Waals surface area contributed by atoms with Crippen LogP contribution in [0.1, 0.15) is 40.4 Å². The minimum Gasteiger partial charge on any atom is -0.455 e. The summed E-state index contributed by atoms with van der Waals surface area (Å²) >= 11 is 0. The van der Waals surface area contributed by atoms with Crippen LogP contribution in [0.4, 0.5) is 0 Å². The Labute approximate surface area is 112 Å². The van der Waals surface area contributed by atoms with Crippen molar-refractivity contribution >= 4 is 5.91 Å². The highest BCUT2D eigenvalue weighted by Crippen LogP contribution is 2.17. The molecule has 0 radical (unpaired) electrons. The van der Waals surface area contributed by atoms with E-state index in [2.05, 4.69) is 5.32 Å². The molecule has 1 atom stereocenters. The molecule has 19 heavy (non-hydrogen) atoms. The molecule has 0 spiro atoms. The fourth-order valence-corrected chi connectivity index (χ4v) is 2.03. The summed E-state index contributed by atoms with van der Waals surface area (Å²) in [5.41, 5.74) is 7.70. The lowest BCUT2D eigenvalue weighted by Gasteiger charge is -2.15. The Kier molecular flexibility index (Phi) is 4.02. The van der Waals surface area contributed by atoms with Gasteiger partial charge in [-0.15, -0.1) is 0 Å². The van der Waals surface area contributed by atoms with E-state index in [1.165, 1.54) is 0 Å². The second-order valence-corrected chi connectivity index (χ2v) is 4.52. The van der Waals surface area contributed by atoms with Gasteiger partial charge in [0.1, 0.15) is 5.76 Å². The van der Waals surface area contributed by atoms with Crippen LogP contribution in [-0.2, 0) is 6.54 Å². The van der Waals surface area contributed by atoms with Crippen LogP contribution in [0.15, 0.2) is 40.8 Å². The van der Waals surface area contributed by atoms with Crippen LogP contribution < -0.4 is 11.1 Å². The zero-order valence-electron chi connectivity index (χ0n) is 11.1. The van der Waals surface area contributed by atoms with Crippen LogP contribution >= 0.6 is 0 Å². The normalized spacial score (nSPS) is 12.2. The lowest BCUT2D eigenvalue weighted by molar-refractivity contribution is 0.0910. The Hall–Kier alpha value is -2.07. The SMILES string of the molecule is Cc1ccccc1[C@@H](C)NC(=O)c1ccc(CN)o1. The summed E-state index contributed by atoms with van der Waals surface area (Å²) in [5.74, 6) is 0.671. The lowest BCUT2D eigenvalue weighted by Crippen LogP contribution is -2.26. The van der Waals surface area contributed by atoms with Crippen LogP contribution in [0, 0.1) is 6.92 Å². The van der Waals surface area contributed by atoms with Gasteiger partial charge in [-0.3, -0.25) is 4.79 Å². The molecule has 1 aromatic carbocycles. The standard InChI is InChI=1S/C15H18N2O2/c1-10-5-3-4-6-13(10)11(2)17-15(18)14-8-7-12(9-16)19-14/h3-8,11H,9,16H2,1-2H3,(H,17,18)/t11-/m1/s1. The summed E-state index contributed by atoms with van der Waals surface area (Å²) in [7, 11) is 0. The molecule has 0 aliphatic carbocycles. The van der Waals surface area contributed by atoms with Crippen molar-refractivity contribution < 1.29 is 9.21 Å². The van der Waals surface area contributed by atoms with Gasteiger partial charge in [0.15, 0.2) is 5.76 Å². The number of hydrogen-bond donors (Lipinski definition) is 2. The highest BCUT2D eigenvalue weighted by molar-refractivity contribution is 5.91. The van der Waals surface area contributed by atoms with Gasteiger partial charge in [0.2, 0.25) is 0 Å². The minimum absolute atomic E-state index is 0.0693. The predicted molar refractivity (Wildman–Crippen MR) is 73.7 cm³/mol. The smallest absolute Gasteiger partial charge is 0.287 e. The van der Waals surface area contributed by atoms with Crippen molar-refractivity contribution in [2.75, 3.05) is 0 Å². The molecule has 4 nitrogen and oxygen atoms in total. The molecule has 0 aliphatic heterocycles. The minimum atomic E-state index is -0.226. The molecule has 1 heterocycles. The van der Waals surface area contributed by atoms with Crippen molar-refractivity contribution in [2.24, 2.45) is 5.73 Å². The van der Waals surface area contributed by atoms with Crippen molar-refractivity contribution in [3.05, 3.63) is 59.0 Å². The summed E-state index contributed by atoms with van der Waals surface area (Å²) in [6.07, 6.45) is 0. The maximum absolute atomic E-state index is 12.0. The fourth-order valence-electron chi connectivity index (χ4n) is 2.03. The number of hydrogen-bond acceptors (Lipinski definition) is 3. The van der Waals surface area contributed by atoms with Crippen molar-refractivity contribution in [3.8, 4) is 0 Å². The zero-order valence-corrected chi connectivity index (χ0v) is 11.1. The van der Waals surface area contributed by atoms with Gasteiger partial charge >= 0.3 is 0 Å². The summed E-state index contributed by atoms with van der Waals surface area (Å²) in [6.45, 7) is 4.27. The monoisotopic (exact) mass is 258 g/mol. The maximum atomic E-state index is 12.0. The zero-order chi connectivity index (χ0) is 13.8. The van der Waals surface area contributed by atoms with Crippen molar-refractivity contribution in [3.63, 3.8) is 0 Å². The summed E-state index contributed by atoms with van der Waals surface area (Å²) in [6, 6.07) is 11.3. The van der Waals surface area contributed by atoms with E-state index in [0.29, 0.717) is 18.1 Å². The van der Waals surface area contributed by atoms with Gasteiger partial charge in [-0.25, -0.2) is 0 Å². The molecule has 100 valence electrons. The first-order valence-electron chi connectivity index (χ1n) is 6.27. The second kappa shape index (κ2) is 5.71. The molecule has 0 saturated carbocycles. The largest absolute Gasteiger partial charge is 0.455 e. The predicted octanol–water partition coefficient (Wildman–Crippen LogP) is 2.54. The van der Waals surface area contributed by atoms with Crippen molar-refractivity contribution in [1.29, 1.82) is 0 Å². The van der Waals surface area contributed by atoms with Crippen molar-refractivity contribution in [1.82, 2.24) is 5.32 Å². The molecule has 0 aliphatic rings. The quantitative estimate of drug-likeness (QED) is 0.885. The van der Waals surface area contributed by atoms with E-state index in [-0.39, 0.29) is 11.9 Å². The highest BCUT2D eigenvalue weighted by Gasteiger charge is 2.15. The van der Waals surface area contributed by atoms with Crippen LogP contribution in [-0.4, -0.2) is 5.91 Å². The summed E-state index contributed by atoms with van der Waals surface area (Å²) in [4.78, 5) is 12.0. The van der Waals surface area contributed by atoms with Crippen LogP contribution in [0.2, 0.25) is 0 Å².